The first-order chi connectivity index (χ1) is 14.0. The summed E-state index contributed by atoms with van der Waals surface area (Å²) in [6.45, 7) is 4.16. The predicted octanol–water partition coefficient (Wildman–Crippen LogP) is 5.90. The third-order valence-electron chi connectivity index (χ3n) is 4.70. The Morgan fingerprint density at radius 2 is 1.90 bits per heavy atom. The van der Waals surface area contributed by atoms with E-state index in [0.29, 0.717) is 29.0 Å². The fraction of sp³-hybridized carbons (Fsp3) is 0.391. The average molecular weight is 401 g/mol. The summed E-state index contributed by atoms with van der Waals surface area (Å²) >= 11 is 0. The first kappa shape index (κ1) is 22.4. The van der Waals surface area contributed by atoms with Gasteiger partial charge in [0.05, 0.1) is 19.6 Å². The van der Waals surface area contributed by atoms with Gasteiger partial charge in [-0.25, -0.2) is 9.18 Å². The molecule has 0 aliphatic heterocycles. The van der Waals surface area contributed by atoms with E-state index in [1.165, 1.54) is 13.2 Å². The summed E-state index contributed by atoms with van der Waals surface area (Å²) in [7, 11) is 1.30. The number of carbonyl (C=O) groups is 2. The van der Waals surface area contributed by atoms with Gasteiger partial charge < -0.3 is 9.47 Å². The van der Waals surface area contributed by atoms with Gasteiger partial charge in [-0.1, -0.05) is 50.5 Å². The summed E-state index contributed by atoms with van der Waals surface area (Å²) in [6.07, 6.45) is 3.58. The molecule has 0 spiro atoms. The molecule has 0 bridgehead atoms. The van der Waals surface area contributed by atoms with Gasteiger partial charge in [0.1, 0.15) is 5.82 Å². The molecule has 0 aliphatic carbocycles. The minimum Gasteiger partial charge on any atom is -0.469 e. The van der Waals surface area contributed by atoms with Crippen molar-refractivity contribution in [3.05, 3.63) is 53.8 Å². The van der Waals surface area contributed by atoms with Crippen LogP contribution in [0.15, 0.2) is 42.5 Å². The van der Waals surface area contributed by atoms with E-state index in [2.05, 4.69) is 12.2 Å². The zero-order chi connectivity index (χ0) is 21.2. The van der Waals surface area contributed by atoms with Gasteiger partial charge in [-0.2, -0.15) is 0 Å². The van der Waals surface area contributed by atoms with Crippen molar-refractivity contribution >= 4 is 17.7 Å². The van der Waals surface area contributed by atoms with E-state index < -0.39 is 23.8 Å². The number of rotatable bonds is 9. The van der Waals surface area contributed by atoms with E-state index in [4.69, 9.17) is 9.47 Å². The Balaban J connectivity index is 2.05. The maximum Gasteiger partial charge on any atom is 0.411 e. The van der Waals surface area contributed by atoms with Crippen molar-refractivity contribution in [3.63, 3.8) is 0 Å². The van der Waals surface area contributed by atoms with Crippen molar-refractivity contribution in [2.45, 2.75) is 45.4 Å². The Bertz CT molecular complexity index is 837. The van der Waals surface area contributed by atoms with Crippen LogP contribution in [0.3, 0.4) is 0 Å². The molecule has 156 valence electrons. The third kappa shape index (κ3) is 6.59. The van der Waals surface area contributed by atoms with E-state index in [9.17, 15) is 14.0 Å². The van der Waals surface area contributed by atoms with Crippen LogP contribution in [0.5, 0.6) is 0 Å². The molecule has 0 radical (unpaired) electrons. The van der Waals surface area contributed by atoms with E-state index in [1.807, 2.05) is 0 Å². The molecule has 0 saturated heterocycles. The quantitative estimate of drug-likeness (QED) is 0.420. The second-order valence-corrected chi connectivity index (χ2v) is 6.89. The molecule has 0 aliphatic rings. The highest BCUT2D eigenvalue weighted by Gasteiger charge is 2.17. The molecule has 1 atom stereocenters. The van der Waals surface area contributed by atoms with Gasteiger partial charge in [0.15, 0.2) is 0 Å². The molecule has 6 heteroatoms. The van der Waals surface area contributed by atoms with Gasteiger partial charge in [-0.05, 0) is 42.7 Å². The Morgan fingerprint density at radius 3 is 2.59 bits per heavy atom. The molecule has 0 heterocycles. The fourth-order valence-corrected chi connectivity index (χ4v) is 2.96. The van der Waals surface area contributed by atoms with E-state index in [-0.39, 0.29) is 0 Å². The molecule has 1 N–H and O–H groups in total. The largest absolute Gasteiger partial charge is 0.469 e. The summed E-state index contributed by atoms with van der Waals surface area (Å²) < 4.78 is 24.5. The highest BCUT2D eigenvalue weighted by molar-refractivity contribution is 5.86. The van der Waals surface area contributed by atoms with Crippen molar-refractivity contribution in [2.24, 2.45) is 0 Å². The number of hydrogen-bond donors (Lipinski definition) is 1. The Hall–Kier alpha value is -2.89. The predicted molar refractivity (Wildman–Crippen MR) is 111 cm³/mol. The van der Waals surface area contributed by atoms with Crippen LogP contribution < -0.4 is 5.32 Å². The number of hydrogen-bond acceptors (Lipinski definition) is 4. The third-order valence-corrected chi connectivity index (χ3v) is 4.70. The first-order valence-electron chi connectivity index (χ1n) is 9.87. The molecule has 1 amide bonds. The highest BCUT2D eigenvalue weighted by Crippen LogP contribution is 2.28. The standard InChI is InChI=1S/C23H28FNO4/c1-4-5-6-7-13-29-23(27)25-19-10-8-9-18(14-19)20-12-11-17(15-21(20)24)16(2)22(26)28-3/h8-12,14-16H,4-7,13H2,1-3H3,(H,25,27). The number of amides is 1. The minimum atomic E-state index is -0.552. The number of carbonyl (C=O) groups excluding carboxylic acids is 2. The van der Waals surface area contributed by atoms with Crippen LogP contribution in [-0.2, 0) is 14.3 Å². The molecule has 0 saturated carbocycles. The number of halogens is 1. The van der Waals surface area contributed by atoms with Gasteiger partial charge in [0.2, 0.25) is 0 Å². The summed E-state index contributed by atoms with van der Waals surface area (Å²) in [5, 5.41) is 2.67. The summed E-state index contributed by atoms with van der Waals surface area (Å²) in [5.41, 5.74) is 2.05. The lowest BCUT2D eigenvalue weighted by atomic mass is 9.97. The smallest absolute Gasteiger partial charge is 0.411 e. The Morgan fingerprint density at radius 1 is 1.10 bits per heavy atom. The van der Waals surface area contributed by atoms with Gasteiger partial charge in [0, 0.05) is 11.3 Å². The van der Waals surface area contributed by atoms with Crippen molar-refractivity contribution in [1.29, 1.82) is 0 Å². The Kier molecular flexibility index (Phi) is 8.65. The van der Waals surface area contributed by atoms with Crippen LogP contribution in [0.25, 0.3) is 11.1 Å². The molecule has 1 unspecified atom stereocenters. The molecule has 0 aromatic heterocycles. The van der Waals surface area contributed by atoms with Crippen molar-refractivity contribution in [1.82, 2.24) is 0 Å². The molecule has 2 aromatic rings. The fourth-order valence-electron chi connectivity index (χ4n) is 2.96. The summed E-state index contributed by atoms with van der Waals surface area (Å²) in [6, 6.07) is 11.5. The summed E-state index contributed by atoms with van der Waals surface area (Å²) in [4.78, 5) is 23.6. The van der Waals surface area contributed by atoms with Crippen LogP contribution in [0.1, 0.15) is 51.0 Å². The molecule has 5 nitrogen and oxygen atoms in total. The molecular formula is C23H28FNO4. The zero-order valence-corrected chi connectivity index (χ0v) is 17.2. The monoisotopic (exact) mass is 401 g/mol. The highest BCUT2D eigenvalue weighted by atomic mass is 19.1. The van der Waals surface area contributed by atoms with E-state index in [1.54, 1.807) is 43.3 Å². The van der Waals surface area contributed by atoms with Crippen LogP contribution in [0.2, 0.25) is 0 Å². The zero-order valence-electron chi connectivity index (χ0n) is 17.2. The molecule has 2 aromatic carbocycles. The SMILES string of the molecule is CCCCCCOC(=O)Nc1cccc(-c2ccc(C(C)C(=O)OC)cc2F)c1. The van der Waals surface area contributed by atoms with E-state index >= 15 is 0 Å². The van der Waals surface area contributed by atoms with Crippen LogP contribution >= 0.6 is 0 Å². The number of unbranched alkanes of at least 4 members (excludes halogenated alkanes) is 3. The number of nitrogens with one attached hydrogen (secondary N) is 1. The van der Waals surface area contributed by atoms with Crippen LogP contribution in [0.4, 0.5) is 14.9 Å². The number of ether oxygens (including phenoxy) is 2. The molecule has 2 rings (SSSR count). The van der Waals surface area contributed by atoms with Crippen LogP contribution in [0, 0.1) is 5.82 Å². The lowest BCUT2D eigenvalue weighted by molar-refractivity contribution is -0.141. The second kappa shape index (κ2) is 11.2. The van der Waals surface area contributed by atoms with Crippen molar-refractivity contribution in [2.75, 3.05) is 19.0 Å². The number of anilines is 1. The lowest BCUT2D eigenvalue weighted by Gasteiger charge is -2.12. The number of benzene rings is 2. The first-order valence-corrected chi connectivity index (χ1v) is 9.87. The lowest BCUT2D eigenvalue weighted by Crippen LogP contribution is -2.14. The molecule has 29 heavy (non-hydrogen) atoms. The van der Waals surface area contributed by atoms with Crippen molar-refractivity contribution in [3.8, 4) is 11.1 Å². The minimum absolute atomic E-state index is 0.375. The average Bonchev–Trinajstić information content (AvgIpc) is 2.72. The normalized spacial score (nSPS) is 11.6. The van der Waals surface area contributed by atoms with E-state index in [0.717, 1.165) is 25.7 Å². The van der Waals surface area contributed by atoms with Gasteiger partial charge >= 0.3 is 12.1 Å². The number of methoxy groups -OCH3 is 1. The van der Waals surface area contributed by atoms with Gasteiger partial charge in [0.25, 0.3) is 0 Å². The maximum atomic E-state index is 14.7. The number of esters is 1. The van der Waals surface area contributed by atoms with Crippen molar-refractivity contribution < 1.29 is 23.5 Å². The molecule has 0 fully saturated rings. The van der Waals surface area contributed by atoms with Gasteiger partial charge in [-0.3, -0.25) is 10.1 Å². The molecular weight excluding hydrogens is 373 g/mol. The second-order valence-electron chi connectivity index (χ2n) is 6.89. The Labute approximate surface area is 171 Å². The summed E-state index contributed by atoms with van der Waals surface area (Å²) in [5.74, 6) is -1.42. The van der Waals surface area contributed by atoms with Gasteiger partial charge in [-0.15, -0.1) is 0 Å². The maximum absolute atomic E-state index is 14.7. The van der Waals surface area contributed by atoms with Crippen LogP contribution in [-0.4, -0.2) is 25.8 Å². The topological polar surface area (TPSA) is 64.6 Å².